The van der Waals surface area contributed by atoms with Crippen LogP contribution >= 0.6 is 0 Å². The molecular formula is C75H140O6. The standard InChI is InChI=1S/C75H140O6/c1-4-7-10-13-16-19-22-25-28-30-31-32-33-34-35-36-37-38-39-40-41-42-43-45-47-50-53-56-59-62-65-68-74(77)80-71-72(70-79-73(76)67-64-61-58-55-52-49-46-27-24-21-18-15-12-9-6-3)81-75(78)69-66-63-60-57-54-51-48-44-29-26-23-20-17-14-11-8-5-2/h18,21,26-27,29,46,72H,4-17,19-20,22-25,28,30-45,47-71H2,1-3H3/b21-18-,29-26-,46-27-. The molecule has 6 nitrogen and oxygen atoms in total. The quantitative estimate of drug-likeness (QED) is 0.0261. The zero-order valence-electron chi connectivity index (χ0n) is 54.8. The zero-order chi connectivity index (χ0) is 58.5. The number of unbranched alkanes of at least 4 members (excludes halogenated alkanes) is 51. The summed E-state index contributed by atoms with van der Waals surface area (Å²) in [5.41, 5.74) is 0. The smallest absolute Gasteiger partial charge is 0.306 e. The molecule has 0 heterocycles. The van der Waals surface area contributed by atoms with Gasteiger partial charge in [-0.1, -0.05) is 346 Å². The topological polar surface area (TPSA) is 78.9 Å². The number of rotatable bonds is 68. The molecule has 0 spiro atoms. The van der Waals surface area contributed by atoms with Crippen LogP contribution in [0.15, 0.2) is 36.5 Å². The number of hydrogen-bond acceptors (Lipinski definition) is 6. The highest BCUT2D eigenvalue weighted by atomic mass is 16.6. The minimum atomic E-state index is -0.779. The van der Waals surface area contributed by atoms with Gasteiger partial charge in [-0.15, -0.1) is 0 Å². The number of allylic oxidation sites excluding steroid dienone is 6. The minimum absolute atomic E-state index is 0.0740. The SMILES string of the molecule is CCCCC/C=C\C/C=C\CCCCCCCC(=O)OCC(COC(=O)CCCCCCCCCCCCCCCCCCCCCCCCCCCCCCCCC)OC(=O)CCCCCCCCC/C=C\CCCCCCCC. The van der Waals surface area contributed by atoms with E-state index >= 15 is 0 Å². The maximum absolute atomic E-state index is 12.9. The highest BCUT2D eigenvalue weighted by molar-refractivity contribution is 5.71. The van der Waals surface area contributed by atoms with Crippen LogP contribution in [0, 0.1) is 0 Å². The fraction of sp³-hybridized carbons (Fsp3) is 0.880. The molecule has 0 saturated carbocycles. The van der Waals surface area contributed by atoms with Gasteiger partial charge in [0.15, 0.2) is 6.10 Å². The monoisotopic (exact) mass is 1140 g/mol. The van der Waals surface area contributed by atoms with E-state index in [0.717, 1.165) is 77.0 Å². The molecule has 0 bridgehead atoms. The Morgan fingerprint density at radius 3 is 0.716 bits per heavy atom. The van der Waals surface area contributed by atoms with Crippen molar-refractivity contribution in [2.75, 3.05) is 13.2 Å². The molecule has 1 atom stereocenters. The van der Waals surface area contributed by atoms with Crippen LogP contribution in [0.2, 0.25) is 0 Å². The third-order valence-electron chi connectivity index (χ3n) is 16.6. The molecule has 476 valence electrons. The van der Waals surface area contributed by atoms with E-state index in [1.807, 2.05) is 0 Å². The molecule has 0 aromatic carbocycles. The molecule has 81 heavy (non-hydrogen) atoms. The lowest BCUT2D eigenvalue weighted by Crippen LogP contribution is -2.30. The molecule has 0 N–H and O–H groups in total. The summed E-state index contributed by atoms with van der Waals surface area (Å²) in [5, 5.41) is 0. The highest BCUT2D eigenvalue weighted by Crippen LogP contribution is 2.19. The average molecular weight is 1140 g/mol. The Bertz CT molecular complexity index is 1350. The van der Waals surface area contributed by atoms with Crippen LogP contribution in [0.25, 0.3) is 0 Å². The van der Waals surface area contributed by atoms with E-state index in [1.165, 1.54) is 289 Å². The first-order chi connectivity index (χ1) is 40.0. The second-order valence-corrected chi connectivity index (χ2v) is 24.9. The maximum Gasteiger partial charge on any atom is 0.306 e. The third kappa shape index (κ3) is 68.3. The highest BCUT2D eigenvalue weighted by Gasteiger charge is 2.19. The van der Waals surface area contributed by atoms with Crippen LogP contribution in [0.3, 0.4) is 0 Å². The molecule has 0 saturated heterocycles. The van der Waals surface area contributed by atoms with Gasteiger partial charge in [0.25, 0.3) is 0 Å². The van der Waals surface area contributed by atoms with Gasteiger partial charge < -0.3 is 14.2 Å². The lowest BCUT2D eigenvalue weighted by molar-refractivity contribution is -0.167. The Morgan fingerprint density at radius 1 is 0.247 bits per heavy atom. The average Bonchev–Trinajstić information content (AvgIpc) is 3.47. The Kier molecular flexibility index (Phi) is 68.1. The Labute approximate surface area is 506 Å². The third-order valence-corrected chi connectivity index (χ3v) is 16.6. The van der Waals surface area contributed by atoms with Crippen molar-refractivity contribution in [2.45, 2.75) is 412 Å². The van der Waals surface area contributed by atoms with Crippen LogP contribution in [0.5, 0.6) is 0 Å². The molecule has 6 heteroatoms. The van der Waals surface area contributed by atoms with Gasteiger partial charge in [-0.2, -0.15) is 0 Å². The van der Waals surface area contributed by atoms with Crippen molar-refractivity contribution in [3.8, 4) is 0 Å². The van der Waals surface area contributed by atoms with Crippen molar-refractivity contribution in [1.82, 2.24) is 0 Å². The molecule has 0 radical (unpaired) electrons. The van der Waals surface area contributed by atoms with Crippen molar-refractivity contribution in [1.29, 1.82) is 0 Å². The van der Waals surface area contributed by atoms with Crippen molar-refractivity contribution < 1.29 is 28.6 Å². The molecule has 0 aliphatic heterocycles. The summed E-state index contributed by atoms with van der Waals surface area (Å²) in [4.78, 5) is 38.4. The van der Waals surface area contributed by atoms with Crippen LogP contribution in [0.4, 0.5) is 0 Å². The van der Waals surface area contributed by atoms with Crippen molar-refractivity contribution >= 4 is 17.9 Å². The summed E-state index contributed by atoms with van der Waals surface area (Å²) in [6.07, 6.45) is 87.6. The summed E-state index contributed by atoms with van der Waals surface area (Å²) in [7, 11) is 0. The van der Waals surface area contributed by atoms with Crippen LogP contribution < -0.4 is 0 Å². The Hall–Kier alpha value is -2.37. The first kappa shape index (κ1) is 78.6. The van der Waals surface area contributed by atoms with Gasteiger partial charge in [0.05, 0.1) is 0 Å². The molecule has 0 aromatic rings. The maximum atomic E-state index is 12.9. The molecular weight excluding hydrogens is 997 g/mol. The predicted molar refractivity (Wildman–Crippen MR) is 353 cm³/mol. The van der Waals surface area contributed by atoms with Crippen molar-refractivity contribution in [3.05, 3.63) is 36.5 Å². The van der Waals surface area contributed by atoms with E-state index in [-0.39, 0.29) is 31.1 Å². The van der Waals surface area contributed by atoms with Gasteiger partial charge in [-0.25, -0.2) is 0 Å². The largest absolute Gasteiger partial charge is 0.462 e. The second-order valence-electron chi connectivity index (χ2n) is 24.9. The molecule has 0 fully saturated rings. The Morgan fingerprint density at radius 2 is 0.444 bits per heavy atom. The number of hydrogen-bond donors (Lipinski definition) is 0. The first-order valence-electron chi connectivity index (χ1n) is 36.5. The minimum Gasteiger partial charge on any atom is -0.462 e. The Balaban J connectivity index is 4.16. The van der Waals surface area contributed by atoms with Crippen LogP contribution in [0.1, 0.15) is 406 Å². The lowest BCUT2D eigenvalue weighted by Gasteiger charge is -2.18. The van der Waals surface area contributed by atoms with E-state index in [4.69, 9.17) is 14.2 Å². The lowest BCUT2D eigenvalue weighted by atomic mass is 10.0. The number of carbonyl (C=O) groups excluding carboxylic acids is 3. The van der Waals surface area contributed by atoms with E-state index in [9.17, 15) is 14.4 Å². The molecule has 0 aromatic heterocycles. The van der Waals surface area contributed by atoms with Crippen molar-refractivity contribution in [3.63, 3.8) is 0 Å². The van der Waals surface area contributed by atoms with Crippen LogP contribution in [-0.4, -0.2) is 37.2 Å². The molecule has 0 rings (SSSR count). The fourth-order valence-electron chi connectivity index (χ4n) is 11.1. The van der Waals surface area contributed by atoms with Gasteiger partial charge in [0, 0.05) is 19.3 Å². The van der Waals surface area contributed by atoms with Gasteiger partial charge in [0.2, 0.25) is 0 Å². The fourth-order valence-corrected chi connectivity index (χ4v) is 11.1. The molecule has 0 aliphatic rings. The van der Waals surface area contributed by atoms with Gasteiger partial charge in [-0.3, -0.25) is 14.4 Å². The van der Waals surface area contributed by atoms with Gasteiger partial charge in [0.1, 0.15) is 13.2 Å². The number of ether oxygens (including phenoxy) is 3. The molecule has 0 aliphatic carbocycles. The van der Waals surface area contributed by atoms with Gasteiger partial charge in [-0.05, 0) is 77.0 Å². The molecule has 0 amide bonds. The first-order valence-corrected chi connectivity index (χ1v) is 36.5. The van der Waals surface area contributed by atoms with E-state index in [2.05, 4.69) is 57.2 Å². The number of esters is 3. The zero-order valence-corrected chi connectivity index (χ0v) is 54.8. The summed E-state index contributed by atoms with van der Waals surface area (Å²) < 4.78 is 17.0. The van der Waals surface area contributed by atoms with E-state index in [1.54, 1.807) is 0 Å². The normalized spacial score (nSPS) is 12.2. The van der Waals surface area contributed by atoms with Crippen LogP contribution in [-0.2, 0) is 28.6 Å². The second kappa shape index (κ2) is 70.1. The predicted octanol–water partition coefficient (Wildman–Crippen LogP) is 25.1. The van der Waals surface area contributed by atoms with E-state index < -0.39 is 6.10 Å². The van der Waals surface area contributed by atoms with Gasteiger partial charge >= 0.3 is 17.9 Å². The van der Waals surface area contributed by atoms with Crippen molar-refractivity contribution in [2.24, 2.45) is 0 Å². The molecule has 1 unspecified atom stereocenters. The number of carbonyl (C=O) groups is 3. The van der Waals surface area contributed by atoms with E-state index in [0.29, 0.717) is 19.3 Å². The summed E-state index contributed by atoms with van der Waals surface area (Å²) in [6, 6.07) is 0. The summed E-state index contributed by atoms with van der Waals surface area (Å²) >= 11 is 0. The summed E-state index contributed by atoms with van der Waals surface area (Å²) in [5.74, 6) is -0.865. The summed E-state index contributed by atoms with van der Waals surface area (Å²) in [6.45, 7) is 6.67.